The maximum absolute atomic E-state index is 5.58. The number of fused-ring (bicyclic) bond motifs is 1. The molecule has 0 aliphatic heterocycles. The number of hydrogen-bond acceptors (Lipinski definition) is 1. The maximum atomic E-state index is 5.58. The predicted octanol–water partition coefficient (Wildman–Crippen LogP) is 0.617. The predicted molar refractivity (Wildman–Crippen MR) is 83.7 cm³/mol. The summed E-state index contributed by atoms with van der Waals surface area (Å²) >= 11 is 0. The van der Waals surface area contributed by atoms with Crippen molar-refractivity contribution >= 4 is 22.8 Å². The maximum Gasteiger partial charge on any atom is 0.218 e. The van der Waals surface area contributed by atoms with E-state index in [1.165, 1.54) is 22.0 Å². The van der Waals surface area contributed by atoms with Gasteiger partial charge in [-0.25, -0.2) is 0 Å². The molecule has 2 aromatic rings. The zero-order valence-corrected chi connectivity index (χ0v) is 11.8. The van der Waals surface area contributed by atoms with Gasteiger partial charge in [-0.1, -0.05) is 11.6 Å². The van der Waals surface area contributed by atoms with Crippen molar-refractivity contribution in [2.24, 2.45) is 34.2 Å². The van der Waals surface area contributed by atoms with Crippen LogP contribution in [0.15, 0.2) is 34.4 Å². The lowest BCUT2D eigenvalue weighted by Crippen LogP contribution is -2.26. The number of aliphatic imine (C=N–C) groups is 2. The Bertz CT molecular complexity index is 676. The minimum Gasteiger partial charge on any atom is -0.370 e. The fourth-order valence-corrected chi connectivity index (χ4v) is 2.25. The second kappa shape index (κ2) is 5.64. The topological polar surface area (TPSA) is 108 Å². The quantitative estimate of drug-likeness (QED) is 0.563. The molecule has 106 valence electrons. The Balaban J connectivity index is 2.18. The molecule has 0 aliphatic carbocycles. The third kappa shape index (κ3) is 3.09. The van der Waals surface area contributed by atoms with Gasteiger partial charge in [0.15, 0.2) is 5.96 Å². The first-order valence-electron chi connectivity index (χ1n) is 6.41. The number of nitrogens with two attached hydrogens (primary N) is 3. The molecule has 1 aromatic carbocycles. The smallest absolute Gasteiger partial charge is 0.218 e. The molecule has 0 amide bonds. The highest BCUT2D eigenvalue weighted by atomic mass is 15.1. The van der Waals surface area contributed by atoms with Crippen LogP contribution in [0.5, 0.6) is 0 Å². The summed E-state index contributed by atoms with van der Waals surface area (Å²) in [4.78, 5) is 7.82. The van der Waals surface area contributed by atoms with Gasteiger partial charge in [0.1, 0.15) is 0 Å². The third-order valence-electron chi connectivity index (χ3n) is 3.13. The third-order valence-corrected chi connectivity index (χ3v) is 3.13. The molecule has 2 rings (SSSR count). The number of nitrogens with zero attached hydrogens (tertiary/aromatic N) is 3. The van der Waals surface area contributed by atoms with Crippen LogP contribution < -0.4 is 17.2 Å². The molecule has 1 aromatic heterocycles. The highest BCUT2D eigenvalue weighted by molar-refractivity contribution is 5.92. The second-order valence-electron chi connectivity index (χ2n) is 4.81. The van der Waals surface area contributed by atoms with E-state index in [2.05, 4.69) is 45.9 Å². The minimum absolute atomic E-state index is 0.0768. The van der Waals surface area contributed by atoms with Gasteiger partial charge in [-0.2, -0.15) is 4.99 Å². The average molecular weight is 272 g/mol. The summed E-state index contributed by atoms with van der Waals surface area (Å²) in [5, 5.41) is 1.25. The molecular formula is C14H20N6. The summed E-state index contributed by atoms with van der Waals surface area (Å²) in [7, 11) is 2.04. The Hall–Kier alpha value is -2.50. The van der Waals surface area contributed by atoms with E-state index in [-0.39, 0.29) is 11.9 Å². The zero-order chi connectivity index (χ0) is 14.7. The summed E-state index contributed by atoms with van der Waals surface area (Å²) in [6.07, 6.45) is 2.91. The highest BCUT2D eigenvalue weighted by Gasteiger charge is 2.06. The van der Waals surface area contributed by atoms with Gasteiger partial charge in [-0.15, -0.1) is 0 Å². The Morgan fingerprint density at radius 1 is 1.25 bits per heavy atom. The van der Waals surface area contributed by atoms with Crippen molar-refractivity contribution < 1.29 is 0 Å². The van der Waals surface area contributed by atoms with Crippen molar-refractivity contribution in [2.45, 2.75) is 13.3 Å². The van der Waals surface area contributed by atoms with Gasteiger partial charge in [0.25, 0.3) is 0 Å². The molecule has 0 atom stereocenters. The molecule has 0 aliphatic rings. The number of aryl methyl sites for hydroxylation is 2. The SMILES string of the molecule is Cc1ccc2c(c1)c(CCN=C(N)N=C(N)N)cn2C. The first-order valence-corrected chi connectivity index (χ1v) is 6.41. The normalized spacial score (nSPS) is 11.8. The van der Waals surface area contributed by atoms with Crippen LogP contribution in [0.4, 0.5) is 0 Å². The Morgan fingerprint density at radius 2 is 2.00 bits per heavy atom. The molecule has 0 fully saturated rings. The van der Waals surface area contributed by atoms with Gasteiger partial charge in [-0.3, -0.25) is 4.99 Å². The number of rotatable bonds is 3. The van der Waals surface area contributed by atoms with Crippen LogP contribution in [0, 0.1) is 6.92 Å². The molecule has 1 heterocycles. The van der Waals surface area contributed by atoms with E-state index in [1.54, 1.807) is 0 Å². The van der Waals surface area contributed by atoms with Crippen LogP contribution in [0.1, 0.15) is 11.1 Å². The van der Waals surface area contributed by atoms with Crippen molar-refractivity contribution in [3.8, 4) is 0 Å². The molecule has 0 spiro atoms. The molecule has 0 radical (unpaired) electrons. The van der Waals surface area contributed by atoms with E-state index in [4.69, 9.17) is 17.2 Å². The van der Waals surface area contributed by atoms with Crippen molar-refractivity contribution in [3.63, 3.8) is 0 Å². The summed E-state index contributed by atoms with van der Waals surface area (Å²) < 4.78 is 2.12. The monoisotopic (exact) mass is 272 g/mol. The minimum atomic E-state index is -0.0768. The Labute approximate surface area is 118 Å². The lowest BCUT2D eigenvalue weighted by atomic mass is 10.1. The van der Waals surface area contributed by atoms with Crippen LogP contribution in [-0.2, 0) is 13.5 Å². The van der Waals surface area contributed by atoms with Crippen molar-refractivity contribution in [3.05, 3.63) is 35.5 Å². The molecule has 0 saturated carbocycles. The summed E-state index contributed by atoms with van der Waals surface area (Å²) in [6.45, 7) is 2.64. The van der Waals surface area contributed by atoms with E-state index in [1.807, 2.05) is 7.05 Å². The number of hydrogen-bond donors (Lipinski definition) is 3. The molecular weight excluding hydrogens is 252 g/mol. The molecule has 20 heavy (non-hydrogen) atoms. The Kier molecular flexibility index (Phi) is 3.93. The lowest BCUT2D eigenvalue weighted by Gasteiger charge is -1.99. The first-order chi connectivity index (χ1) is 9.47. The summed E-state index contributed by atoms with van der Waals surface area (Å²) in [6, 6.07) is 6.43. The lowest BCUT2D eigenvalue weighted by molar-refractivity contribution is 0.927. The van der Waals surface area contributed by atoms with Crippen LogP contribution in [-0.4, -0.2) is 23.0 Å². The Morgan fingerprint density at radius 3 is 2.70 bits per heavy atom. The molecule has 0 unspecified atom stereocenters. The van der Waals surface area contributed by atoms with Gasteiger partial charge in [0.2, 0.25) is 5.96 Å². The standard InChI is InChI=1S/C14H20N6/c1-9-3-4-12-11(7-9)10(8-20(12)2)5-6-18-14(17)19-13(15)16/h3-4,7-8H,5-6H2,1-2H3,(H6,15,16,17,18,19). The van der Waals surface area contributed by atoms with Crippen molar-refractivity contribution in [2.75, 3.05) is 6.54 Å². The van der Waals surface area contributed by atoms with Crippen molar-refractivity contribution in [1.29, 1.82) is 0 Å². The highest BCUT2D eigenvalue weighted by Crippen LogP contribution is 2.22. The number of guanidine groups is 2. The molecule has 6 nitrogen and oxygen atoms in total. The molecule has 0 bridgehead atoms. The van der Waals surface area contributed by atoms with Crippen LogP contribution in [0.3, 0.4) is 0 Å². The van der Waals surface area contributed by atoms with Crippen LogP contribution in [0.25, 0.3) is 10.9 Å². The summed E-state index contributed by atoms with van der Waals surface area (Å²) in [5.41, 5.74) is 19.7. The van der Waals surface area contributed by atoms with E-state index >= 15 is 0 Å². The van der Waals surface area contributed by atoms with Crippen LogP contribution in [0.2, 0.25) is 0 Å². The van der Waals surface area contributed by atoms with E-state index < -0.39 is 0 Å². The number of aromatic nitrogens is 1. The zero-order valence-electron chi connectivity index (χ0n) is 11.8. The largest absolute Gasteiger partial charge is 0.370 e. The van der Waals surface area contributed by atoms with E-state index in [9.17, 15) is 0 Å². The van der Waals surface area contributed by atoms with Gasteiger partial charge in [0, 0.05) is 30.7 Å². The van der Waals surface area contributed by atoms with E-state index in [0.29, 0.717) is 6.54 Å². The van der Waals surface area contributed by atoms with E-state index in [0.717, 1.165) is 6.42 Å². The fourth-order valence-electron chi connectivity index (χ4n) is 2.25. The number of benzene rings is 1. The summed E-state index contributed by atoms with van der Waals surface area (Å²) in [5.74, 6) is 0.0356. The molecule has 6 N–H and O–H groups in total. The fraction of sp³-hybridized carbons (Fsp3) is 0.286. The molecule has 0 saturated heterocycles. The van der Waals surface area contributed by atoms with Gasteiger partial charge < -0.3 is 21.8 Å². The van der Waals surface area contributed by atoms with Crippen LogP contribution >= 0.6 is 0 Å². The van der Waals surface area contributed by atoms with Gasteiger partial charge in [0.05, 0.1) is 0 Å². The average Bonchev–Trinajstić information content (AvgIpc) is 2.65. The van der Waals surface area contributed by atoms with Gasteiger partial charge >= 0.3 is 0 Å². The van der Waals surface area contributed by atoms with Crippen molar-refractivity contribution in [1.82, 2.24) is 4.57 Å². The second-order valence-corrected chi connectivity index (χ2v) is 4.81. The molecule has 6 heteroatoms. The first kappa shape index (κ1) is 13.9. The van der Waals surface area contributed by atoms with Gasteiger partial charge in [-0.05, 0) is 31.0 Å².